The van der Waals surface area contributed by atoms with Crippen LogP contribution in [0.1, 0.15) is 25.7 Å². The molecule has 0 aromatic carbocycles. The first-order valence-electron chi connectivity index (χ1n) is 5.50. The number of rotatable bonds is 5. The molecule has 0 aromatic rings. The number of nitrogens with one attached hydrogen (secondary N) is 1. The van der Waals surface area contributed by atoms with Gasteiger partial charge in [0.25, 0.3) is 0 Å². The van der Waals surface area contributed by atoms with Crippen molar-refractivity contribution in [2.45, 2.75) is 31.7 Å². The van der Waals surface area contributed by atoms with Crippen LogP contribution in [0.3, 0.4) is 0 Å². The summed E-state index contributed by atoms with van der Waals surface area (Å²) in [6, 6.07) is 0.0112. The second kappa shape index (κ2) is 5.63. The zero-order valence-corrected chi connectivity index (χ0v) is 10.3. The van der Waals surface area contributed by atoms with Crippen molar-refractivity contribution in [2.24, 2.45) is 5.92 Å². The van der Waals surface area contributed by atoms with E-state index in [-0.39, 0.29) is 36.6 Å². The molecule has 16 heavy (non-hydrogen) atoms. The third-order valence-corrected chi connectivity index (χ3v) is 3.89. The predicted molar refractivity (Wildman–Crippen MR) is 60.7 cm³/mol. The van der Waals surface area contributed by atoms with Gasteiger partial charge in [0.15, 0.2) is 0 Å². The third kappa shape index (κ3) is 4.49. The highest BCUT2D eigenvalue weighted by Crippen LogP contribution is 2.24. The van der Waals surface area contributed by atoms with Gasteiger partial charge in [-0.25, -0.2) is 8.42 Å². The SMILES string of the molecule is CS(=O)(=O)CCC(=O)NC1CCCC1CO. The van der Waals surface area contributed by atoms with E-state index in [4.69, 9.17) is 5.11 Å². The Morgan fingerprint density at radius 3 is 2.69 bits per heavy atom. The fourth-order valence-electron chi connectivity index (χ4n) is 2.00. The Bertz CT molecular complexity index is 339. The lowest BCUT2D eigenvalue weighted by Gasteiger charge is -2.18. The summed E-state index contributed by atoms with van der Waals surface area (Å²) in [5, 5.41) is 11.9. The average molecular weight is 249 g/mol. The van der Waals surface area contributed by atoms with E-state index in [1.807, 2.05) is 0 Å². The van der Waals surface area contributed by atoms with Crippen molar-refractivity contribution in [3.63, 3.8) is 0 Å². The minimum absolute atomic E-state index is 0.00742. The van der Waals surface area contributed by atoms with Crippen LogP contribution in [0, 0.1) is 5.92 Å². The van der Waals surface area contributed by atoms with Crippen LogP contribution in [0.5, 0.6) is 0 Å². The normalized spacial score (nSPS) is 25.6. The molecule has 6 heteroatoms. The number of carbonyl (C=O) groups excluding carboxylic acids is 1. The highest BCUT2D eigenvalue weighted by Gasteiger charge is 2.27. The Morgan fingerprint density at radius 1 is 1.44 bits per heavy atom. The van der Waals surface area contributed by atoms with Gasteiger partial charge in [0.2, 0.25) is 5.91 Å². The van der Waals surface area contributed by atoms with Crippen LogP contribution in [-0.2, 0) is 14.6 Å². The molecule has 1 aliphatic carbocycles. The minimum Gasteiger partial charge on any atom is -0.396 e. The molecule has 94 valence electrons. The van der Waals surface area contributed by atoms with Gasteiger partial charge in [-0.15, -0.1) is 0 Å². The molecule has 1 saturated carbocycles. The maximum atomic E-state index is 11.4. The Kier molecular flexibility index (Phi) is 4.73. The highest BCUT2D eigenvalue weighted by molar-refractivity contribution is 7.90. The monoisotopic (exact) mass is 249 g/mol. The molecule has 5 nitrogen and oxygen atoms in total. The van der Waals surface area contributed by atoms with Crippen LogP contribution in [0.2, 0.25) is 0 Å². The number of carbonyl (C=O) groups is 1. The number of aliphatic hydroxyl groups is 1. The first-order valence-corrected chi connectivity index (χ1v) is 7.56. The quantitative estimate of drug-likeness (QED) is 0.700. The van der Waals surface area contributed by atoms with Crippen molar-refractivity contribution in [1.29, 1.82) is 0 Å². The number of amides is 1. The van der Waals surface area contributed by atoms with Crippen molar-refractivity contribution >= 4 is 15.7 Å². The molecule has 0 heterocycles. The average Bonchev–Trinajstić information content (AvgIpc) is 2.61. The molecule has 0 aliphatic heterocycles. The van der Waals surface area contributed by atoms with Gasteiger partial charge < -0.3 is 10.4 Å². The third-order valence-electron chi connectivity index (χ3n) is 2.94. The topological polar surface area (TPSA) is 83.5 Å². The Balaban J connectivity index is 2.34. The number of sulfone groups is 1. The zero-order chi connectivity index (χ0) is 12.2. The lowest BCUT2D eigenvalue weighted by atomic mass is 10.1. The van der Waals surface area contributed by atoms with Crippen LogP contribution in [0.15, 0.2) is 0 Å². The molecule has 0 radical (unpaired) electrons. The van der Waals surface area contributed by atoms with E-state index in [1.165, 1.54) is 0 Å². The molecule has 0 spiro atoms. The molecule has 2 unspecified atom stereocenters. The van der Waals surface area contributed by atoms with Gasteiger partial charge >= 0.3 is 0 Å². The van der Waals surface area contributed by atoms with Crippen LogP contribution in [0.25, 0.3) is 0 Å². The second-order valence-electron chi connectivity index (χ2n) is 4.43. The van der Waals surface area contributed by atoms with Crippen molar-refractivity contribution in [3.05, 3.63) is 0 Å². The second-order valence-corrected chi connectivity index (χ2v) is 6.69. The number of aliphatic hydroxyl groups excluding tert-OH is 1. The first-order chi connectivity index (χ1) is 7.42. The highest BCUT2D eigenvalue weighted by atomic mass is 32.2. The standard InChI is InChI=1S/C10H19NO4S/c1-16(14,15)6-5-10(13)11-9-4-2-3-8(9)7-12/h8-9,12H,2-7H2,1H3,(H,11,13). The first kappa shape index (κ1) is 13.4. The smallest absolute Gasteiger partial charge is 0.221 e. The molecule has 2 atom stereocenters. The minimum atomic E-state index is -3.08. The summed E-state index contributed by atoms with van der Waals surface area (Å²) >= 11 is 0. The Morgan fingerprint density at radius 2 is 2.12 bits per heavy atom. The summed E-state index contributed by atoms with van der Waals surface area (Å²) in [4.78, 5) is 11.4. The van der Waals surface area contributed by atoms with E-state index in [0.29, 0.717) is 0 Å². The lowest BCUT2D eigenvalue weighted by molar-refractivity contribution is -0.121. The van der Waals surface area contributed by atoms with Crippen molar-refractivity contribution in [2.75, 3.05) is 18.6 Å². The summed E-state index contributed by atoms with van der Waals surface area (Å²) in [6.07, 6.45) is 3.92. The fraction of sp³-hybridized carbons (Fsp3) is 0.900. The van der Waals surface area contributed by atoms with Crippen LogP contribution in [0.4, 0.5) is 0 Å². The van der Waals surface area contributed by atoms with Crippen LogP contribution >= 0.6 is 0 Å². The summed E-state index contributed by atoms with van der Waals surface area (Å²) in [7, 11) is -3.08. The molecule has 0 saturated heterocycles. The van der Waals surface area contributed by atoms with E-state index in [2.05, 4.69) is 5.32 Å². The van der Waals surface area contributed by atoms with E-state index in [9.17, 15) is 13.2 Å². The summed E-state index contributed by atoms with van der Waals surface area (Å²) in [5.41, 5.74) is 0. The van der Waals surface area contributed by atoms with E-state index in [1.54, 1.807) is 0 Å². The Hall–Kier alpha value is -0.620. The van der Waals surface area contributed by atoms with Gasteiger partial charge in [-0.3, -0.25) is 4.79 Å². The molecule has 1 aliphatic rings. The van der Waals surface area contributed by atoms with E-state index in [0.717, 1.165) is 25.5 Å². The maximum Gasteiger partial charge on any atom is 0.221 e. The molecule has 1 fully saturated rings. The maximum absolute atomic E-state index is 11.4. The largest absolute Gasteiger partial charge is 0.396 e. The van der Waals surface area contributed by atoms with Gasteiger partial charge in [-0.2, -0.15) is 0 Å². The molecule has 2 N–H and O–H groups in total. The molecule has 0 bridgehead atoms. The Labute approximate surface area is 96.1 Å². The van der Waals surface area contributed by atoms with Crippen molar-refractivity contribution in [3.8, 4) is 0 Å². The predicted octanol–water partition coefficient (Wildman–Crippen LogP) is -0.302. The number of hydrogen-bond acceptors (Lipinski definition) is 4. The fourth-order valence-corrected chi connectivity index (χ4v) is 2.56. The van der Waals surface area contributed by atoms with Gasteiger partial charge in [-0.1, -0.05) is 6.42 Å². The van der Waals surface area contributed by atoms with E-state index >= 15 is 0 Å². The molecular formula is C10H19NO4S. The number of hydrogen-bond donors (Lipinski definition) is 2. The van der Waals surface area contributed by atoms with Gasteiger partial charge in [0, 0.05) is 31.2 Å². The summed E-state index contributed by atoms with van der Waals surface area (Å²) in [5.74, 6) is -0.229. The molecule has 0 aromatic heterocycles. The summed E-state index contributed by atoms with van der Waals surface area (Å²) in [6.45, 7) is 0.0804. The molecule has 1 rings (SSSR count). The summed E-state index contributed by atoms with van der Waals surface area (Å²) < 4.78 is 21.7. The van der Waals surface area contributed by atoms with Crippen molar-refractivity contribution < 1.29 is 18.3 Å². The molecular weight excluding hydrogens is 230 g/mol. The lowest BCUT2D eigenvalue weighted by Crippen LogP contribution is -2.39. The van der Waals surface area contributed by atoms with Crippen LogP contribution in [-0.4, -0.2) is 44.1 Å². The van der Waals surface area contributed by atoms with E-state index < -0.39 is 9.84 Å². The van der Waals surface area contributed by atoms with Gasteiger partial charge in [0.1, 0.15) is 9.84 Å². The van der Waals surface area contributed by atoms with Crippen molar-refractivity contribution in [1.82, 2.24) is 5.32 Å². The van der Waals surface area contributed by atoms with Gasteiger partial charge in [0.05, 0.1) is 5.75 Å². The van der Waals surface area contributed by atoms with Crippen LogP contribution < -0.4 is 5.32 Å². The van der Waals surface area contributed by atoms with Gasteiger partial charge in [-0.05, 0) is 12.8 Å². The zero-order valence-electron chi connectivity index (χ0n) is 9.48. The molecule has 1 amide bonds.